The minimum atomic E-state index is -0.157. The van der Waals surface area contributed by atoms with Crippen LogP contribution in [0.5, 0.6) is 0 Å². The van der Waals surface area contributed by atoms with Crippen molar-refractivity contribution in [2.24, 2.45) is 0 Å². The van der Waals surface area contributed by atoms with Crippen molar-refractivity contribution in [1.82, 2.24) is 24.7 Å². The van der Waals surface area contributed by atoms with E-state index in [0.29, 0.717) is 12.2 Å². The second-order valence-corrected chi connectivity index (χ2v) is 9.05. The van der Waals surface area contributed by atoms with Crippen molar-refractivity contribution in [3.63, 3.8) is 0 Å². The normalized spacial score (nSPS) is 12.7. The molecule has 0 saturated carbocycles. The number of nitrogens with one attached hydrogen (secondary N) is 3. The van der Waals surface area contributed by atoms with Crippen LogP contribution < -0.4 is 15.9 Å². The van der Waals surface area contributed by atoms with E-state index in [1.165, 1.54) is 12.5 Å². The molecule has 3 aromatic heterocycles. The van der Waals surface area contributed by atoms with E-state index in [1.807, 2.05) is 26.0 Å². The Kier molecular flexibility index (Phi) is 6.63. The van der Waals surface area contributed by atoms with Crippen molar-refractivity contribution in [2.75, 3.05) is 23.3 Å². The number of fused-ring (bicyclic) bond motifs is 1. The zero-order valence-electron chi connectivity index (χ0n) is 21.0. The summed E-state index contributed by atoms with van der Waals surface area (Å²) in [6.45, 7) is 8.04. The highest BCUT2D eigenvalue weighted by molar-refractivity contribution is 6.02. The molecule has 0 radical (unpaired) electrons. The third-order valence-electron chi connectivity index (χ3n) is 6.30. The number of aromatic amines is 2. The predicted octanol–water partition coefficient (Wildman–Crippen LogP) is 4.23. The number of hydrogen-bond acceptors (Lipinski definition) is 6. The molecule has 0 atom stereocenters. The van der Waals surface area contributed by atoms with E-state index in [2.05, 4.69) is 60.2 Å². The molecule has 37 heavy (non-hydrogen) atoms. The summed E-state index contributed by atoms with van der Waals surface area (Å²) in [5, 5.41) is 7.10. The topological polar surface area (TPSA) is 125 Å². The fourth-order valence-corrected chi connectivity index (χ4v) is 4.49. The van der Waals surface area contributed by atoms with Crippen LogP contribution in [0.1, 0.15) is 30.4 Å². The van der Waals surface area contributed by atoms with Gasteiger partial charge in [-0.2, -0.15) is 0 Å². The first-order valence-corrected chi connectivity index (χ1v) is 12.2. The van der Waals surface area contributed by atoms with Crippen molar-refractivity contribution >= 4 is 28.6 Å². The summed E-state index contributed by atoms with van der Waals surface area (Å²) in [5.74, 6) is 1.57. The van der Waals surface area contributed by atoms with Crippen LogP contribution in [0.4, 0.5) is 11.6 Å². The summed E-state index contributed by atoms with van der Waals surface area (Å²) >= 11 is 0. The number of carbonyl (C=O) groups is 1. The summed E-state index contributed by atoms with van der Waals surface area (Å²) in [4.78, 5) is 34.0. The lowest BCUT2D eigenvalue weighted by atomic mass is 10.0. The van der Waals surface area contributed by atoms with Gasteiger partial charge in [-0.1, -0.05) is 35.5 Å². The number of imidazole rings is 2. The van der Waals surface area contributed by atoms with Crippen LogP contribution in [0.3, 0.4) is 0 Å². The summed E-state index contributed by atoms with van der Waals surface area (Å²) < 4.78 is 7.66. The zero-order valence-corrected chi connectivity index (χ0v) is 21.0. The quantitative estimate of drug-likeness (QED) is 0.332. The SMILES string of the molecule is CC(=O)Nc1cc(-c2c(C)noc2C)cc2c1nc(N1CCC1)n2Cc1ccccc1.O=c1[nH]cc[nH]1. The maximum Gasteiger partial charge on any atom is 0.322 e. The van der Waals surface area contributed by atoms with E-state index >= 15 is 0 Å². The average Bonchev–Trinajstić information content (AvgIpc) is 3.54. The Balaban J connectivity index is 0.000000412. The second kappa shape index (κ2) is 10.2. The molecule has 5 aromatic rings. The van der Waals surface area contributed by atoms with Crippen LogP contribution in [0.15, 0.2) is 64.2 Å². The monoisotopic (exact) mass is 499 g/mol. The Morgan fingerprint density at radius 1 is 1.11 bits per heavy atom. The molecular weight excluding hydrogens is 470 g/mol. The lowest BCUT2D eigenvalue weighted by molar-refractivity contribution is -0.114. The summed E-state index contributed by atoms with van der Waals surface area (Å²) in [6, 6.07) is 14.5. The van der Waals surface area contributed by atoms with Gasteiger partial charge in [-0.3, -0.25) is 4.79 Å². The smallest absolute Gasteiger partial charge is 0.322 e. The molecule has 3 N–H and O–H groups in total. The van der Waals surface area contributed by atoms with Gasteiger partial charge in [0.15, 0.2) is 0 Å². The predicted molar refractivity (Wildman–Crippen MR) is 143 cm³/mol. The molecule has 0 bridgehead atoms. The van der Waals surface area contributed by atoms with Crippen molar-refractivity contribution in [1.29, 1.82) is 0 Å². The second-order valence-electron chi connectivity index (χ2n) is 9.05. The minimum absolute atomic E-state index is 0.125. The maximum absolute atomic E-state index is 12.0. The fraction of sp³-hybridized carbons (Fsp3) is 0.259. The Morgan fingerprint density at radius 3 is 2.38 bits per heavy atom. The number of nitrogens with zero attached hydrogens (tertiary/aromatic N) is 4. The molecule has 1 aliphatic rings. The molecule has 10 nitrogen and oxygen atoms in total. The Bertz CT molecular complexity index is 1550. The van der Waals surface area contributed by atoms with E-state index in [1.54, 1.807) is 12.4 Å². The number of aryl methyl sites for hydroxylation is 2. The molecule has 1 fully saturated rings. The van der Waals surface area contributed by atoms with Crippen molar-refractivity contribution in [3.8, 4) is 11.1 Å². The molecule has 0 unspecified atom stereocenters. The summed E-state index contributed by atoms with van der Waals surface area (Å²) in [7, 11) is 0. The van der Waals surface area contributed by atoms with E-state index in [-0.39, 0.29) is 11.6 Å². The van der Waals surface area contributed by atoms with Crippen LogP contribution >= 0.6 is 0 Å². The largest absolute Gasteiger partial charge is 0.361 e. The van der Waals surface area contributed by atoms with Gasteiger partial charge in [-0.05, 0) is 43.5 Å². The maximum atomic E-state index is 12.0. The standard InChI is InChI=1S/C24H25N5O2.C3H4N2O/c1-15-22(16(2)31-27-15)19-12-20(25-17(3)30)23-21(13-19)29(14-18-8-5-4-6-9-18)24(26-23)28-10-7-11-28;6-3-4-1-2-5-3/h4-6,8-9,12-13H,7,10-11,14H2,1-3H3,(H,25,30);1-2H,(H2,4,5,6). The highest BCUT2D eigenvalue weighted by Crippen LogP contribution is 2.37. The first kappa shape index (κ1) is 24.1. The zero-order chi connectivity index (χ0) is 25.9. The van der Waals surface area contributed by atoms with Crippen LogP contribution in [-0.4, -0.2) is 43.7 Å². The molecule has 1 aliphatic heterocycles. The van der Waals surface area contributed by atoms with Gasteiger partial charge in [-0.15, -0.1) is 0 Å². The Labute approximate surface area is 213 Å². The summed E-state index contributed by atoms with van der Waals surface area (Å²) in [5.41, 5.74) is 6.25. The lowest BCUT2D eigenvalue weighted by Crippen LogP contribution is -2.39. The third-order valence-corrected chi connectivity index (χ3v) is 6.30. The van der Waals surface area contributed by atoms with Gasteiger partial charge in [0.25, 0.3) is 0 Å². The number of benzene rings is 2. The molecule has 1 saturated heterocycles. The lowest BCUT2D eigenvalue weighted by Gasteiger charge is -2.32. The first-order valence-electron chi connectivity index (χ1n) is 12.2. The number of amides is 1. The Hall–Kier alpha value is -4.60. The number of hydrogen-bond donors (Lipinski definition) is 3. The molecule has 1 amide bonds. The van der Waals surface area contributed by atoms with Gasteiger partial charge < -0.3 is 29.3 Å². The Morgan fingerprint density at radius 2 is 1.84 bits per heavy atom. The molecule has 2 aromatic carbocycles. The number of aromatic nitrogens is 5. The molecular formula is C27H29N7O3. The van der Waals surface area contributed by atoms with E-state index in [9.17, 15) is 9.59 Å². The number of carbonyl (C=O) groups excluding carboxylic acids is 1. The van der Waals surface area contributed by atoms with Gasteiger partial charge in [0.05, 0.1) is 23.4 Å². The molecule has 4 heterocycles. The van der Waals surface area contributed by atoms with E-state index < -0.39 is 0 Å². The number of rotatable bonds is 5. The number of H-pyrrole nitrogens is 2. The van der Waals surface area contributed by atoms with Crippen molar-refractivity contribution in [2.45, 2.75) is 33.7 Å². The van der Waals surface area contributed by atoms with Crippen LogP contribution in [0, 0.1) is 13.8 Å². The molecule has 0 spiro atoms. The van der Waals surface area contributed by atoms with Crippen molar-refractivity contribution < 1.29 is 9.32 Å². The third kappa shape index (κ3) is 5.04. The highest BCUT2D eigenvalue weighted by Gasteiger charge is 2.25. The van der Waals surface area contributed by atoms with Gasteiger partial charge in [0, 0.05) is 38.0 Å². The van der Waals surface area contributed by atoms with Crippen molar-refractivity contribution in [3.05, 3.63) is 82.4 Å². The molecule has 190 valence electrons. The molecule has 10 heteroatoms. The van der Waals surface area contributed by atoms with Gasteiger partial charge in [-0.25, -0.2) is 9.78 Å². The van der Waals surface area contributed by atoms with Gasteiger partial charge >= 0.3 is 5.69 Å². The summed E-state index contributed by atoms with van der Waals surface area (Å²) in [6.07, 6.45) is 4.25. The molecule has 0 aliphatic carbocycles. The van der Waals surface area contributed by atoms with Crippen LogP contribution in [0.25, 0.3) is 22.2 Å². The van der Waals surface area contributed by atoms with Crippen LogP contribution in [0.2, 0.25) is 0 Å². The molecule has 6 rings (SSSR count). The van der Waals surface area contributed by atoms with Gasteiger partial charge in [0.1, 0.15) is 11.3 Å². The van der Waals surface area contributed by atoms with E-state index in [0.717, 1.165) is 59.1 Å². The van der Waals surface area contributed by atoms with Gasteiger partial charge in [0.2, 0.25) is 11.9 Å². The minimum Gasteiger partial charge on any atom is -0.361 e. The van der Waals surface area contributed by atoms with E-state index in [4.69, 9.17) is 9.51 Å². The fourth-order valence-electron chi connectivity index (χ4n) is 4.49. The highest BCUT2D eigenvalue weighted by atomic mass is 16.5. The number of anilines is 2. The van der Waals surface area contributed by atoms with Crippen LogP contribution in [-0.2, 0) is 11.3 Å². The average molecular weight is 500 g/mol. The first-order chi connectivity index (χ1) is 17.9.